The topological polar surface area (TPSA) is 68.3 Å². The molecule has 0 aromatic carbocycles. The van der Waals surface area contributed by atoms with Gasteiger partial charge < -0.3 is 0 Å². The SMILES string of the molecule is CC(=O)C(C)C(=O)SC(=O)C(C)C(C)=O. The highest BCUT2D eigenvalue weighted by Gasteiger charge is 2.25. The van der Waals surface area contributed by atoms with Crippen molar-refractivity contribution in [3.63, 3.8) is 0 Å². The largest absolute Gasteiger partial charge is 0.299 e. The number of hydrogen-bond donors (Lipinski definition) is 0. The molecule has 84 valence electrons. The standard InChI is InChI=1S/C10H14O4S/c1-5(7(3)11)9(13)15-10(14)6(2)8(4)12/h5-6H,1-4H3. The van der Waals surface area contributed by atoms with E-state index in [1.54, 1.807) is 0 Å². The minimum absolute atomic E-state index is 0.282. The lowest BCUT2D eigenvalue weighted by molar-refractivity contribution is -0.126. The maximum atomic E-state index is 11.3. The second-order valence-electron chi connectivity index (χ2n) is 3.40. The van der Waals surface area contributed by atoms with Crippen molar-refractivity contribution in [1.82, 2.24) is 0 Å². The molecule has 0 aromatic heterocycles. The lowest BCUT2D eigenvalue weighted by atomic mass is 10.1. The third-order valence-electron chi connectivity index (χ3n) is 2.13. The predicted molar refractivity (Wildman–Crippen MR) is 57.3 cm³/mol. The van der Waals surface area contributed by atoms with Crippen LogP contribution in [0.1, 0.15) is 27.7 Å². The van der Waals surface area contributed by atoms with Crippen molar-refractivity contribution in [3.8, 4) is 0 Å². The summed E-state index contributed by atoms with van der Waals surface area (Å²) in [5.74, 6) is -2.15. The molecule has 0 aliphatic heterocycles. The Morgan fingerprint density at radius 3 is 1.27 bits per heavy atom. The Hall–Kier alpha value is -0.970. The van der Waals surface area contributed by atoms with E-state index in [4.69, 9.17) is 0 Å². The molecular formula is C10H14O4S. The van der Waals surface area contributed by atoms with Crippen LogP contribution in [0.2, 0.25) is 0 Å². The van der Waals surface area contributed by atoms with E-state index in [2.05, 4.69) is 0 Å². The molecule has 0 N–H and O–H groups in total. The second-order valence-corrected chi connectivity index (χ2v) is 4.41. The minimum Gasteiger partial charge on any atom is -0.299 e. The fraction of sp³-hybridized carbons (Fsp3) is 0.600. The van der Waals surface area contributed by atoms with Gasteiger partial charge in [-0.25, -0.2) is 0 Å². The Morgan fingerprint density at radius 1 is 0.800 bits per heavy atom. The highest BCUT2D eigenvalue weighted by atomic mass is 32.2. The van der Waals surface area contributed by atoms with Crippen LogP contribution in [-0.2, 0) is 19.2 Å². The van der Waals surface area contributed by atoms with Gasteiger partial charge in [0.05, 0.1) is 11.8 Å². The Bertz CT molecular complexity index is 279. The fourth-order valence-electron chi connectivity index (χ4n) is 0.608. The van der Waals surface area contributed by atoms with E-state index in [-0.39, 0.29) is 11.6 Å². The summed E-state index contributed by atoms with van der Waals surface area (Å²) in [6.45, 7) is 5.48. The second kappa shape index (κ2) is 5.80. The first-order valence-electron chi connectivity index (χ1n) is 4.53. The molecule has 0 aliphatic carbocycles. The summed E-state index contributed by atoms with van der Waals surface area (Å²) >= 11 is 0.453. The molecule has 0 heterocycles. The van der Waals surface area contributed by atoms with Crippen molar-refractivity contribution < 1.29 is 19.2 Å². The third-order valence-corrected chi connectivity index (χ3v) is 3.24. The summed E-state index contributed by atoms with van der Waals surface area (Å²) in [4.78, 5) is 44.4. The number of thioether (sulfide) groups is 1. The summed E-state index contributed by atoms with van der Waals surface area (Å²) < 4.78 is 0. The molecular weight excluding hydrogens is 216 g/mol. The maximum Gasteiger partial charge on any atom is 0.206 e. The van der Waals surface area contributed by atoms with Gasteiger partial charge >= 0.3 is 0 Å². The number of hydrogen-bond acceptors (Lipinski definition) is 5. The van der Waals surface area contributed by atoms with Crippen LogP contribution in [0.3, 0.4) is 0 Å². The summed E-state index contributed by atoms with van der Waals surface area (Å²) in [5, 5.41) is -0.999. The molecule has 0 amide bonds. The molecule has 0 rings (SSSR count). The van der Waals surface area contributed by atoms with Crippen molar-refractivity contribution in [2.75, 3.05) is 0 Å². The average molecular weight is 230 g/mol. The number of Topliss-reactive ketones (excluding diaryl/α,β-unsaturated/α-hetero) is 2. The predicted octanol–water partition coefficient (Wildman–Crippen LogP) is 1.22. The van der Waals surface area contributed by atoms with E-state index in [0.717, 1.165) is 0 Å². The van der Waals surface area contributed by atoms with Crippen LogP contribution in [0.5, 0.6) is 0 Å². The number of carbonyl (C=O) groups excluding carboxylic acids is 4. The first kappa shape index (κ1) is 14.0. The van der Waals surface area contributed by atoms with E-state index in [0.29, 0.717) is 11.8 Å². The lowest BCUT2D eigenvalue weighted by Crippen LogP contribution is -2.21. The van der Waals surface area contributed by atoms with E-state index >= 15 is 0 Å². The van der Waals surface area contributed by atoms with Crippen LogP contribution in [0, 0.1) is 11.8 Å². The number of rotatable bonds is 4. The molecule has 2 atom stereocenters. The first-order valence-corrected chi connectivity index (χ1v) is 5.35. The maximum absolute atomic E-state index is 11.3. The van der Waals surface area contributed by atoms with Crippen LogP contribution < -0.4 is 0 Å². The monoisotopic (exact) mass is 230 g/mol. The zero-order valence-electron chi connectivity index (χ0n) is 9.20. The van der Waals surface area contributed by atoms with Gasteiger partial charge in [0.2, 0.25) is 10.2 Å². The highest BCUT2D eigenvalue weighted by molar-refractivity contribution is 8.26. The molecule has 5 heteroatoms. The molecule has 0 fully saturated rings. The van der Waals surface area contributed by atoms with Crippen LogP contribution in [-0.4, -0.2) is 21.8 Å². The third kappa shape index (κ3) is 4.38. The number of ketones is 2. The fourth-order valence-corrected chi connectivity index (χ4v) is 1.49. The van der Waals surface area contributed by atoms with Crippen LogP contribution >= 0.6 is 11.8 Å². The normalized spacial score (nSPS) is 14.1. The van der Waals surface area contributed by atoms with E-state index in [1.165, 1.54) is 27.7 Å². The lowest BCUT2D eigenvalue weighted by Gasteiger charge is -2.07. The Morgan fingerprint density at radius 2 is 1.07 bits per heavy atom. The molecule has 0 bridgehead atoms. The van der Waals surface area contributed by atoms with Crippen LogP contribution in [0.25, 0.3) is 0 Å². The Kier molecular flexibility index (Phi) is 5.43. The van der Waals surface area contributed by atoms with Crippen molar-refractivity contribution in [2.24, 2.45) is 11.8 Å². The van der Waals surface area contributed by atoms with Gasteiger partial charge in [-0.05, 0) is 39.5 Å². The summed E-state index contributed by atoms with van der Waals surface area (Å²) in [7, 11) is 0. The van der Waals surface area contributed by atoms with Gasteiger partial charge in [-0.3, -0.25) is 19.2 Å². The van der Waals surface area contributed by atoms with Crippen LogP contribution in [0.4, 0.5) is 0 Å². The first-order chi connectivity index (χ1) is 6.77. The molecule has 15 heavy (non-hydrogen) atoms. The van der Waals surface area contributed by atoms with Gasteiger partial charge in [0.25, 0.3) is 0 Å². The van der Waals surface area contributed by atoms with Gasteiger partial charge in [-0.1, -0.05) is 0 Å². The average Bonchev–Trinajstić information content (AvgIpc) is 2.14. The van der Waals surface area contributed by atoms with Crippen molar-refractivity contribution in [1.29, 1.82) is 0 Å². The van der Waals surface area contributed by atoms with Gasteiger partial charge in [-0.15, -0.1) is 0 Å². The van der Waals surface area contributed by atoms with Crippen LogP contribution in [0.15, 0.2) is 0 Å². The Balaban J connectivity index is 4.37. The summed E-state index contributed by atoms with van der Waals surface area (Å²) in [6.07, 6.45) is 0. The van der Waals surface area contributed by atoms with Gasteiger partial charge in [0, 0.05) is 0 Å². The van der Waals surface area contributed by atoms with E-state index in [1.807, 2.05) is 0 Å². The van der Waals surface area contributed by atoms with Crippen molar-refractivity contribution >= 4 is 33.6 Å². The van der Waals surface area contributed by atoms with E-state index < -0.39 is 22.1 Å². The van der Waals surface area contributed by atoms with Crippen molar-refractivity contribution in [2.45, 2.75) is 27.7 Å². The Labute approximate surface area is 92.8 Å². The molecule has 0 saturated carbocycles. The molecule has 0 saturated heterocycles. The highest BCUT2D eigenvalue weighted by Crippen LogP contribution is 2.17. The minimum atomic E-state index is -0.793. The zero-order chi connectivity index (χ0) is 12.2. The van der Waals surface area contributed by atoms with Crippen molar-refractivity contribution in [3.05, 3.63) is 0 Å². The molecule has 4 nitrogen and oxygen atoms in total. The summed E-state index contributed by atoms with van der Waals surface area (Å²) in [6, 6.07) is 0. The van der Waals surface area contributed by atoms with Gasteiger partial charge in [-0.2, -0.15) is 0 Å². The van der Waals surface area contributed by atoms with Gasteiger partial charge in [0.1, 0.15) is 11.6 Å². The van der Waals surface area contributed by atoms with E-state index in [9.17, 15) is 19.2 Å². The molecule has 0 radical (unpaired) electrons. The zero-order valence-corrected chi connectivity index (χ0v) is 10.0. The molecule has 2 unspecified atom stereocenters. The van der Waals surface area contributed by atoms with Gasteiger partial charge in [0.15, 0.2) is 0 Å². The molecule has 0 spiro atoms. The molecule has 0 aromatic rings. The smallest absolute Gasteiger partial charge is 0.206 e. The number of carbonyl (C=O) groups is 4. The summed E-state index contributed by atoms with van der Waals surface area (Å²) in [5.41, 5.74) is 0. The quantitative estimate of drug-likeness (QED) is 0.679. The molecule has 0 aliphatic rings.